The van der Waals surface area contributed by atoms with E-state index in [0.29, 0.717) is 5.92 Å². The number of hydrogen-bond acceptors (Lipinski definition) is 1. The maximum atomic E-state index is 13.4. The second kappa shape index (κ2) is 6.31. The van der Waals surface area contributed by atoms with E-state index in [1.54, 1.807) is 0 Å². The minimum atomic E-state index is -2.37. The molecule has 0 radical (unpaired) electrons. The lowest BCUT2D eigenvalue weighted by Gasteiger charge is -2.40. The van der Waals surface area contributed by atoms with Gasteiger partial charge in [-0.05, 0) is 62.9 Å². The molecule has 0 aliphatic heterocycles. The number of hydrogen-bond donors (Lipinski definition) is 1. The van der Waals surface area contributed by atoms with Gasteiger partial charge in [-0.1, -0.05) is 13.3 Å². The molecule has 0 heterocycles. The molecule has 0 amide bonds. The van der Waals surface area contributed by atoms with Crippen molar-refractivity contribution in [2.24, 2.45) is 17.8 Å². The molecule has 18 heavy (non-hydrogen) atoms. The van der Waals surface area contributed by atoms with Crippen molar-refractivity contribution in [3.63, 3.8) is 0 Å². The van der Waals surface area contributed by atoms with Crippen LogP contribution >= 0.6 is 0 Å². The number of nitrogens with one attached hydrogen (secondary N) is 1. The Kier molecular flexibility index (Phi) is 4.99. The molecule has 2 rings (SSSR count). The van der Waals surface area contributed by atoms with E-state index in [1.165, 1.54) is 19.3 Å². The second-order valence-electron chi connectivity index (χ2n) is 6.36. The van der Waals surface area contributed by atoms with Crippen LogP contribution < -0.4 is 5.32 Å². The Morgan fingerprint density at radius 2 is 1.94 bits per heavy atom. The summed E-state index contributed by atoms with van der Waals surface area (Å²) in [7, 11) is 0. The topological polar surface area (TPSA) is 12.0 Å². The summed E-state index contributed by atoms with van der Waals surface area (Å²) in [5, 5.41) is 3.47. The zero-order chi connectivity index (χ0) is 13.0. The van der Waals surface area contributed by atoms with Gasteiger partial charge in [-0.2, -0.15) is 0 Å². The van der Waals surface area contributed by atoms with E-state index in [-0.39, 0.29) is 18.8 Å². The van der Waals surface area contributed by atoms with Gasteiger partial charge in [-0.25, -0.2) is 8.78 Å². The van der Waals surface area contributed by atoms with E-state index in [2.05, 4.69) is 12.2 Å². The van der Waals surface area contributed by atoms with Gasteiger partial charge >= 0.3 is 0 Å². The molecule has 3 heteroatoms. The van der Waals surface area contributed by atoms with Crippen molar-refractivity contribution >= 4 is 0 Å². The second-order valence-corrected chi connectivity index (χ2v) is 6.36. The third kappa shape index (κ3) is 3.91. The fourth-order valence-corrected chi connectivity index (χ4v) is 3.59. The highest BCUT2D eigenvalue weighted by atomic mass is 19.3. The van der Waals surface area contributed by atoms with E-state index >= 15 is 0 Å². The van der Waals surface area contributed by atoms with Gasteiger partial charge in [-0.3, -0.25) is 0 Å². The van der Waals surface area contributed by atoms with Crippen LogP contribution in [0.4, 0.5) is 8.78 Å². The molecule has 0 aromatic heterocycles. The number of halogens is 2. The molecular formula is C15H27F2N. The standard InChI is InChI=1S/C15H27F2N/c1-2-8-18-11-14-6-5-13(14)9-12-4-3-7-15(16,17)10-12/h12-14,18H,2-11H2,1H3. The maximum absolute atomic E-state index is 13.4. The van der Waals surface area contributed by atoms with Crippen LogP contribution in [0, 0.1) is 17.8 Å². The molecule has 0 aromatic rings. The smallest absolute Gasteiger partial charge is 0.248 e. The summed E-state index contributed by atoms with van der Waals surface area (Å²) in [6, 6.07) is 0. The van der Waals surface area contributed by atoms with Crippen molar-refractivity contribution in [1.29, 1.82) is 0 Å². The highest BCUT2D eigenvalue weighted by molar-refractivity contribution is 4.87. The molecule has 3 atom stereocenters. The van der Waals surface area contributed by atoms with Crippen molar-refractivity contribution in [3.05, 3.63) is 0 Å². The van der Waals surface area contributed by atoms with Crippen LogP contribution in [-0.2, 0) is 0 Å². The monoisotopic (exact) mass is 259 g/mol. The molecule has 0 bridgehead atoms. The fraction of sp³-hybridized carbons (Fsp3) is 1.00. The molecule has 0 aromatic carbocycles. The first kappa shape index (κ1) is 14.2. The molecule has 2 saturated carbocycles. The lowest BCUT2D eigenvalue weighted by atomic mass is 9.67. The van der Waals surface area contributed by atoms with E-state index < -0.39 is 5.92 Å². The largest absolute Gasteiger partial charge is 0.316 e. The maximum Gasteiger partial charge on any atom is 0.248 e. The lowest BCUT2D eigenvalue weighted by Crippen LogP contribution is -2.38. The molecule has 1 nitrogen and oxygen atoms in total. The van der Waals surface area contributed by atoms with E-state index in [4.69, 9.17) is 0 Å². The first-order valence-corrected chi connectivity index (χ1v) is 7.69. The first-order valence-electron chi connectivity index (χ1n) is 7.69. The highest BCUT2D eigenvalue weighted by Crippen LogP contribution is 2.44. The van der Waals surface area contributed by atoms with Crippen LogP contribution in [0.25, 0.3) is 0 Å². The van der Waals surface area contributed by atoms with Crippen LogP contribution in [-0.4, -0.2) is 19.0 Å². The van der Waals surface area contributed by atoms with Gasteiger partial charge in [0.2, 0.25) is 5.92 Å². The predicted molar refractivity (Wildman–Crippen MR) is 70.9 cm³/mol. The summed E-state index contributed by atoms with van der Waals surface area (Å²) in [5.41, 5.74) is 0. The van der Waals surface area contributed by atoms with Crippen molar-refractivity contribution in [2.45, 2.75) is 64.2 Å². The van der Waals surface area contributed by atoms with Gasteiger partial charge in [-0.15, -0.1) is 0 Å². The van der Waals surface area contributed by atoms with Crippen LogP contribution in [0.2, 0.25) is 0 Å². The SMILES string of the molecule is CCCNCC1CCC1CC1CCCC(F)(F)C1. The number of rotatable bonds is 6. The summed E-state index contributed by atoms with van der Waals surface area (Å²) in [6.07, 6.45) is 6.81. The molecule has 0 spiro atoms. The van der Waals surface area contributed by atoms with E-state index in [0.717, 1.165) is 38.3 Å². The Morgan fingerprint density at radius 3 is 2.56 bits per heavy atom. The Bertz CT molecular complexity index is 255. The third-order valence-electron chi connectivity index (χ3n) is 4.79. The first-order chi connectivity index (χ1) is 8.61. The highest BCUT2D eigenvalue weighted by Gasteiger charge is 2.39. The van der Waals surface area contributed by atoms with Gasteiger partial charge in [0.25, 0.3) is 0 Å². The normalized spacial score (nSPS) is 35.2. The molecule has 3 unspecified atom stereocenters. The predicted octanol–water partition coefficient (Wildman–Crippen LogP) is 4.23. The van der Waals surface area contributed by atoms with Crippen LogP contribution in [0.1, 0.15) is 58.3 Å². The van der Waals surface area contributed by atoms with Crippen molar-refractivity contribution in [3.8, 4) is 0 Å². The zero-order valence-corrected chi connectivity index (χ0v) is 11.6. The fourth-order valence-electron chi connectivity index (χ4n) is 3.59. The third-order valence-corrected chi connectivity index (χ3v) is 4.79. The summed E-state index contributed by atoms with van der Waals surface area (Å²) in [6.45, 7) is 4.36. The van der Waals surface area contributed by atoms with Crippen LogP contribution in [0.15, 0.2) is 0 Å². The van der Waals surface area contributed by atoms with Gasteiger partial charge in [0.05, 0.1) is 0 Å². The van der Waals surface area contributed by atoms with Crippen molar-refractivity contribution in [1.82, 2.24) is 5.32 Å². The Morgan fingerprint density at radius 1 is 1.17 bits per heavy atom. The van der Waals surface area contributed by atoms with Crippen molar-refractivity contribution < 1.29 is 8.78 Å². The molecule has 2 fully saturated rings. The summed E-state index contributed by atoms with van der Waals surface area (Å²) in [4.78, 5) is 0. The Balaban J connectivity index is 1.69. The Labute approximate surface area is 110 Å². The van der Waals surface area contributed by atoms with Gasteiger partial charge < -0.3 is 5.32 Å². The average Bonchev–Trinajstić information content (AvgIpc) is 2.29. The lowest BCUT2D eigenvalue weighted by molar-refractivity contribution is -0.0596. The molecule has 0 saturated heterocycles. The van der Waals surface area contributed by atoms with E-state index in [9.17, 15) is 8.78 Å². The average molecular weight is 259 g/mol. The molecule has 106 valence electrons. The molecule has 2 aliphatic carbocycles. The minimum Gasteiger partial charge on any atom is -0.316 e. The van der Waals surface area contributed by atoms with E-state index in [1.807, 2.05) is 0 Å². The van der Waals surface area contributed by atoms with Gasteiger partial charge in [0.15, 0.2) is 0 Å². The van der Waals surface area contributed by atoms with Gasteiger partial charge in [0, 0.05) is 12.8 Å². The minimum absolute atomic E-state index is 0.121. The number of alkyl halides is 2. The summed E-state index contributed by atoms with van der Waals surface area (Å²) in [5.74, 6) is -0.615. The van der Waals surface area contributed by atoms with Crippen LogP contribution in [0.3, 0.4) is 0 Å². The zero-order valence-electron chi connectivity index (χ0n) is 11.6. The Hall–Kier alpha value is -0.180. The molecular weight excluding hydrogens is 232 g/mol. The van der Waals surface area contributed by atoms with Gasteiger partial charge in [0.1, 0.15) is 0 Å². The molecule has 2 aliphatic rings. The summed E-state index contributed by atoms with van der Waals surface area (Å²) >= 11 is 0. The van der Waals surface area contributed by atoms with Crippen molar-refractivity contribution in [2.75, 3.05) is 13.1 Å². The van der Waals surface area contributed by atoms with Crippen LogP contribution in [0.5, 0.6) is 0 Å². The summed E-state index contributed by atoms with van der Waals surface area (Å²) < 4.78 is 26.7. The molecule has 1 N–H and O–H groups in total. The quantitative estimate of drug-likeness (QED) is 0.704.